The minimum atomic E-state index is -1.32. The van der Waals surface area contributed by atoms with Crippen LogP contribution in [0, 0.1) is 5.41 Å². The largest absolute Gasteiger partial charge is 0.474 e. The summed E-state index contributed by atoms with van der Waals surface area (Å²) in [5, 5.41) is 6.02. The molecule has 2 heterocycles. The summed E-state index contributed by atoms with van der Waals surface area (Å²) in [5.74, 6) is -0.0454. The van der Waals surface area contributed by atoms with Gasteiger partial charge in [0.1, 0.15) is 5.76 Å². The Morgan fingerprint density at radius 3 is 2.27 bits per heavy atom. The summed E-state index contributed by atoms with van der Waals surface area (Å²) in [4.78, 5) is 27.2. The molecule has 1 spiro atoms. The first-order chi connectivity index (χ1) is 14.3. The number of hydrogen-bond acceptors (Lipinski definition) is 4. The van der Waals surface area contributed by atoms with Gasteiger partial charge in [-0.25, -0.2) is 0 Å². The first-order valence-corrected chi connectivity index (χ1v) is 10.3. The van der Waals surface area contributed by atoms with Gasteiger partial charge in [-0.05, 0) is 30.0 Å². The highest BCUT2D eigenvalue weighted by Crippen LogP contribution is 2.55. The molecule has 0 saturated carbocycles. The number of hydrogen-bond donors (Lipinski definition) is 0. The summed E-state index contributed by atoms with van der Waals surface area (Å²) in [7, 11) is 0. The molecule has 2 atom stereocenters. The van der Waals surface area contributed by atoms with E-state index in [1.165, 1.54) is 5.01 Å². The smallest absolute Gasteiger partial charge is 0.298 e. The third-order valence-corrected chi connectivity index (χ3v) is 6.29. The molecular formula is C25H24N2O3. The van der Waals surface area contributed by atoms with Gasteiger partial charge in [0, 0.05) is 18.4 Å². The molecule has 0 unspecified atom stereocenters. The molecular weight excluding hydrogens is 376 g/mol. The maximum atomic E-state index is 13.9. The van der Waals surface area contributed by atoms with Crippen molar-refractivity contribution in [2.24, 2.45) is 10.5 Å². The quantitative estimate of drug-likeness (QED) is 0.740. The number of anilines is 1. The number of carbonyl (C=O) groups excluding carboxylic acids is 2. The molecule has 30 heavy (non-hydrogen) atoms. The van der Waals surface area contributed by atoms with Gasteiger partial charge in [0.25, 0.3) is 5.91 Å². The number of Topliss-reactive ketones (excluding diaryl/α,β-unsaturated/α-hetero) is 1. The van der Waals surface area contributed by atoms with E-state index in [0.717, 1.165) is 5.56 Å². The van der Waals surface area contributed by atoms with Crippen LogP contribution in [0.5, 0.6) is 0 Å². The molecule has 0 saturated heterocycles. The fourth-order valence-corrected chi connectivity index (χ4v) is 4.97. The Kier molecular flexibility index (Phi) is 4.01. The molecule has 2 aliphatic heterocycles. The second kappa shape index (κ2) is 6.39. The summed E-state index contributed by atoms with van der Waals surface area (Å²) >= 11 is 0. The standard InChI is InChI=1S/C25H24N2O3/c1-16-25(23(29)27(26-16)18-12-8-5-9-13-18)22(17-10-6-4-7-11-17)21-19(28)14-24(2,3)15-20(21)30-25/h4-13,22H,14-15H2,1-3H3/t22-,25-/m0/s1. The van der Waals surface area contributed by atoms with Crippen molar-refractivity contribution in [2.45, 2.75) is 45.1 Å². The van der Waals surface area contributed by atoms with Crippen molar-refractivity contribution in [3.8, 4) is 0 Å². The van der Waals surface area contributed by atoms with Crippen LogP contribution >= 0.6 is 0 Å². The van der Waals surface area contributed by atoms with Gasteiger partial charge in [0.05, 0.1) is 17.3 Å². The van der Waals surface area contributed by atoms with Crippen molar-refractivity contribution in [1.29, 1.82) is 0 Å². The van der Waals surface area contributed by atoms with Crippen LogP contribution in [0.2, 0.25) is 0 Å². The van der Waals surface area contributed by atoms with Gasteiger partial charge in [-0.15, -0.1) is 0 Å². The number of hydrazone groups is 1. The fraction of sp³-hybridized carbons (Fsp3) is 0.320. The van der Waals surface area contributed by atoms with Crippen molar-refractivity contribution in [2.75, 3.05) is 5.01 Å². The number of carbonyl (C=O) groups is 2. The Labute approximate surface area is 176 Å². The molecule has 0 radical (unpaired) electrons. The zero-order valence-electron chi connectivity index (χ0n) is 17.4. The third kappa shape index (κ3) is 2.58. The SMILES string of the molecule is CC1=NN(c2ccccc2)C(=O)[C@]12OC1=C(C(=O)CC(C)(C)C1)[C@@H]2c1ccccc1. The van der Waals surface area contributed by atoms with Gasteiger partial charge in [-0.1, -0.05) is 62.4 Å². The van der Waals surface area contributed by atoms with Crippen LogP contribution in [0.15, 0.2) is 77.1 Å². The molecule has 0 aromatic heterocycles. The Morgan fingerprint density at radius 1 is 0.967 bits per heavy atom. The number of rotatable bonds is 2. The highest BCUT2D eigenvalue weighted by atomic mass is 16.5. The normalized spacial score (nSPS) is 27.4. The average Bonchev–Trinajstić information content (AvgIpc) is 3.19. The topological polar surface area (TPSA) is 59.0 Å². The lowest BCUT2D eigenvalue weighted by Gasteiger charge is -2.30. The van der Waals surface area contributed by atoms with Gasteiger partial charge < -0.3 is 4.74 Å². The molecule has 2 aromatic rings. The van der Waals surface area contributed by atoms with Crippen molar-refractivity contribution in [1.82, 2.24) is 0 Å². The van der Waals surface area contributed by atoms with Gasteiger partial charge in [-0.2, -0.15) is 10.1 Å². The van der Waals surface area contributed by atoms with Gasteiger partial charge in [-0.3, -0.25) is 9.59 Å². The highest BCUT2D eigenvalue weighted by Gasteiger charge is 2.65. The highest BCUT2D eigenvalue weighted by molar-refractivity contribution is 6.24. The first-order valence-electron chi connectivity index (χ1n) is 10.3. The summed E-state index contributed by atoms with van der Waals surface area (Å²) in [5.41, 5.74) is 1.27. The maximum absolute atomic E-state index is 13.9. The van der Waals surface area contributed by atoms with Gasteiger partial charge >= 0.3 is 0 Å². The molecule has 1 aliphatic carbocycles. The molecule has 5 nitrogen and oxygen atoms in total. The third-order valence-electron chi connectivity index (χ3n) is 6.29. The maximum Gasteiger partial charge on any atom is 0.298 e. The lowest BCUT2D eigenvalue weighted by Crippen LogP contribution is -2.50. The number of nitrogens with zero attached hydrogens (tertiary/aromatic N) is 2. The van der Waals surface area contributed by atoms with E-state index in [-0.39, 0.29) is 17.1 Å². The zero-order chi connectivity index (χ0) is 21.1. The second-order valence-electron chi connectivity index (χ2n) is 9.10. The van der Waals surface area contributed by atoms with Crippen LogP contribution in [0.3, 0.4) is 0 Å². The first kappa shape index (κ1) is 18.8. The van der Waals surface area contributed by atoms with Crippen LogP contribution in [0.25, 0.3) is 0 Å². The van der Waals surface area contributed by atoms with Crippen LogP contribution in [0.1, 0.15) is 45.1 Å². The lowest BCUT2D eigenvalue weighted by atomic mass is 9.69. The number of ketones is 1. The number of ether oxygens (including phenoxy) is 1. The van der Waals surface area contributed by atoms with E-state index in [1.807, 2.05) is 67.6 Å². The molecule has 5 heteroatoms. The molecule has 0 N–H and O–H groups in total. The van der Waals surface area contributed by atoms with E-state index in [4.69, 9.17) is 4.74 Å². The second-order valence-corrected chi connectivity index (χ2v) is 9.10. The monoisotopic (exact) mass is 400 g/mol. The summed E-state index contributed by atoms with van der Waals surface area (Å²) in [6.07, 6.45) is 1.08. The predicted octanol–water partition coefficient (Wildman–Crippen LogP) is 4.61. The Bertz CT molecular complexity index is 1100. The van der Waals surface area contributed by atoms with Crippen LogP contribution in [-0.2, 0) is 14.3 Å². The molecule has 0 fully saturated rings. The van der Waals surface area contributed by atoms with Gasteiger partial charge in [0.15, 0.2) is 5.78 Å². The predicted molar refractivity (Wildman–Crippen MR) is 115 cm³/mol. The lowest BCUT2D eigenvalue weighted by molar-refractivity contribution is -0.130. The Hall–Kier alpha value is -3.21. The van der Waals surface area contributed by atoms with E-state index < -0.39 is 11.5 Å². The molecule has 2 aromatic carbocycles. The number of benzene rings is 2. The Balaban J connectivity index is 1.68. The average molecular weight is 400 g/mol. The number of allylic oxidation sites excluding steroid dienone is 1. The van der Waals surface area contributed by atoms with Crippen LogP contribution in [0.4, 0.5) is 5.69 Å². The van der Waals surface area contributed by atoms with Crippen LogP contribution < -0.4 is 5.01 Å². The van der Waals surface area contributed by atoms with E-state index in [9.17, 15) is 9.59 Å². The minimum absolute atomic E-state index is 0.0609. The minimum Gasteiger partial charge on any atom is -0.474 e. The molecule has 3 aliphatic rings. The number of amides is 1. The number of para-hydroxylation sites is 1. The van der Waals surface area contributed by atoms with E-state index >= 15 is 0 Å². The fourth-order valence-electron chi connectivity index (χ4n) is 4.97. The van der Waals surface area contributed by atoms with E-state index in [2.05, 4.69) is 18.9 Å². The van der Waals surface area contributed by atoms with Gasteiger partial charge in [0.2, 0.25) is 5.60 Å². The van der Waals surface area contributed by atoms with Crippen molar-refractivity contribution in [3.63, 3.8) is 0 Å². The van der Waals surface area contributed by atoms with Crippen molar-refractivity contribution >= 4 is 23.1 Å². The van der Waals surface area contributed by atoms with E-state index in [1.54, 1.807) is 0 Å². The molecule has 1 amide bonds. The van der Waals surface area contributed by atoms with Crippen LogP contribution in [-0.4, -0.2) is 23.0 Å². The van der Waals surface area contributed by atoms with Crippen molar-refractivity contribution < 1.29 is 14.3 Å². The summed E-state index contributed by atoms with van der Waals surface area (Å²) < 4.78 is 6.50. The molecule has 0 bridgehead atoms. The molecule has 5 rings (SSSR count). The zero-order valence-corrected chi connectivity index (χ0v) is 17.4. The van der Waals surface area contributed by atoms with Crippen molar-refractivity contribution in [3.05, 3.63) is 77.6 Å². The molecule has 152 valence electrons. The summed E-state index contributed by atoms with van der Waals surface area (Å²) in [6.45, 7) is 5.95. The Morgan fingerprint density at radius 2 is 1.60 bits per heavy atom. The summed E-state index contributed by atoms with van der Waals surface area (Å²) in [6, 6.07) is 19.1. The van der Waals surface area contributed by atoms with E-state index in [0.29, 0.717) is 35.6 Å².